The lowest BCUT2D eigenvalue weighted by atomic mass is 9.90. The number of hydrogen-bond acceptors (Lipinski definition) is 3. The van der Waals surface area contributed by atoms with Crippen molar-refractivity contribution in [1.82, 2.24) is 5.32 Å². The van der Waals surface area contributed by atoms with Crippen LogP contribution in [-0.4, -0.2) is 31.7 Å². The number of hydrogen-bond donors (Lipinski definition) is 2. The summed E-state index contributed by atoms with van der Waals surface area (Å²) in [5.74, 6) is 0.121. The highest BCUT2D eigenvalue weighted by atomic mass is 35.5. The Morgan fingerprint density at radius 1 is 1.56 bits per heavy atom. The molecule has 0 saturated carbocycles. The number of carbonyl (C=O) groups is 1. The van der Waals surface area contributed by atoms with E-state index in [9.17, 15) is 4.79 Å². The summed E-state index contributed by atoms with van der Waals surface area (Å²) in [6, 6.07) is -0.407. The molecule has 0 bridgehead atoms. The molecule has 3 N–H and O–H groups in total. The zero-order valence-corrected chi connectivity index (χ0v) is 11.1. The van der Waals surface area contributed by atoms with Gasteiger partial charge in [0.05, 0.1) is 12.6 Å². The molecular weight excluding hydrogens is 228 g/mol. The molecule has 16 heavy (non-hydrogen) atoms. The second-order valence-electron chi connectivity index (χ2n) is 5.10. The van der Waals surface area contributed by atoms with Crippen molar-refractivity contribution >= 4 is 18.3 Å². The Morgan fingerprint density at radius 2 is 2.19 bits per heavy atom. The average Bonchev–Trinajstić information content (AvgIpc) is 2.61. The molecule has 0 aromatic heterocycles. The van der Waals surface area contributed by atoms with Gasteiger partial charge < -0.3 is 15.8 Å². The SMILES string of the molecule is CC(C)[C@@H](N)C(=O)NCC1(C)CCOC1.Cl. The minimum Gasteiger partial charge on any atom is -0.381 e. The van der Waals surface area contributed by atoms with Crippen LogP contribution in [0, 0.1) is 11.3 Å². The van der Waals surface area contributed by atoms with Crippen LogP contribution in [0.2, 0.25) is 0 Å². The van der Waals surface area contributed by atoms with Crippen molar-refractivity contribution in [2.45, 2.75) is 33.2 Å². The van der Waals surface area contributed by atoms with Crippen molar-refractivity contribution in [3.8, 4) is 0 Å². The van der Waals surface area contributed by atoms with Gasteiger partial charge in [-0.2, -0.15) is 0 Å². The van der Waals surface area contributed by atoms with E-state index in [-0.39, 0.29) is 29.6 Å². The third-order valence-corrected chi connectivity index (χ3v) is 3.01. The predicted molar refractivity (Wildman–Crippen MR) is 66.6 cm³/mol. The van der Waals surface area contributed by atoms with Crippen molar-refractivity contribution in [1.29, 1.82) is 0 Å². The summed E-state index contributed by atoms with van der Waals surface area (Å²) in [5, 5.41) is 2.90. The summed E-state index contributed by atoms with van der Waals surface area (Å²) < 4.78 is 5.32. The zero-order valence-electron chi connectivity index (χ0n) is 10.3. The van der Waals surface area contributed by atoms with Gasteiger partial charge in [0.2, 0.25) is 5.91 Å². The summed E-state index contributed by atoms with van der Waals surface area (Å²) >= 11 is 0. The smallest absolute Gasteiger partial charge is 0.237 e. The van der Waals surface area contributed by atoms with Crippen LogP contribution in [0.3, 0.4) is 0 Å². The summed E-state index contributed by atoms with van der Waals surface area (Å²) in [5.41, 5.74) is 5.83. The first-order valence-corrected chi connectivity index (χ1v) is 5.56. The Morgan fingerprint density at radius 3 is 2.62 bits per heavy atom. The van der Waals surface area contributed by atoms with Gasteiger partial charge in [-0.15, -0.1) is 12.4 Å². The molecule has 1 heterocycles. The van der Waals surface area contributed by atoms with E-state index in [0.717, 1.165) is 19.6 Å². The van der Waals surface area contributed by atoms with Gasteiger partial charge in [0.25, 0.3) is 0 Å². The molecule has 0 radical (unpaired) electrons. The monoisotopic (exact) mass is 250 g/mol. The van der Waals surface area contributed by atoms with Gasteiger partial charge in [0.15, 0.2) is 0 Å². The second kappa shape index (κ2) is 6.42. The fourth-order valence-corrected chi connectivity index (χ4v) is 1.57. The fourth-order valence-electron chi connectivity index (χ4n) is 1.57. The number of amides is 1. The molecule has 5 heteroatoms. The largest absolute Gasteiger partial charge is 0.381 e. The molecule has 0 spiro atoms. The van der Waals surface area contributed by atoms with Crippen LogP contribution in [0.5, 0.6) is 0 Å². The molecule has 1 saturated heterocycles. The Kier molecular flexibility index (Phi) is 6.30. The molecule has 96 valence electrons. The van der Waals surface area contributed by atoms with Crippen LogP contribution in [0.25, 0.3) is 0 Å². The molecule has 1 aliphatic rings. The highest BCUT2D eigenvalue weighted by Crippen LogP contribution is 2.26. The van der Waals surface area contributed by atoms with Gasteiger partial charge in [0.1, 0.15) is 0 Å². The Balaban J connectivity index is 0.00000225. The number of rotatable bonds is 4. The van der Waals surface area contributed by atoms with E-state index in [1.807, 2.05) is 13.8 Å². The molecule has 0 aromatic carbocycles. The van der Waals surface area contributed by atoms with Crippen LogP contribution < -0.4 is 11.1 Å². The third kappa shape index (κ3) is 4.28. The standard InChI is InChI=1S/C11H22N2O2.ClH/c1-8(2)9(12)10(14)13-6-11(3)4-5-15-7-11;/h8-9H,4-7,12H2,1-3H3,(H,13,14);1H/t9-,11?;/m1./s1. The van der Waals surface area contributed by atoms with Crippen LogP contribution in [0.1, 0.15) is 27.2 Å². The summed E-state index contributed by atoms with van der Waals surface area (Å²) in [6.45, 7) is 8.20. The van der Waals surface area contributed by atoms with Crippen molar-refractivity contribution in [3.63, 3.8) is 0 Å². The van der Waals surface area contributed by atoms with Crippen LogP contribution in [0.15, 0.2) is 0 Å². The number of halogens is 1. The average molecular weight is 251 g/mol. The van der Waals surface area contributed by atoms with Crippen molar-refractivity contribution in [3.05, 3.63) is 0 Å². The number of carbonyl (C=O) groups excluding carboxylic acids is 1. The maximum Gasteiger partial charge on any atom is 0.237 e. The quantitative estimate of drug-likeness (QED) is 0.780. The molecular formula is C11H23ClN2O2. The Bertz CT molecular complexity index is 228. The van der Waals surface area contributed by atoms with E-state index >= 15 is 0 Å². The van der Waals surface area contributed by atoms with Gasteiger partial charge in [-0.1, -0.05) is 20.8 Å². The first-order chi connectivity index (χ1) is 6.94. The molecule has 1 unspecified atom stereocenters. The highest BCUT2D eigenvalue weighted by molar-refractivity contribution is 5.85. The minimum atomic E-state index is -0.407. The summed E-state index contributed by atoms with van der Waals surface area (Å²) in [6.07, 6.45) is 1.00. The summed E-state index contributed by atoms with van der Waals surface area (Å²) in [4.78, 5) is 11.6. The van der Waals surface area contributed by atoms with Crippen molar-refractivity contribution in [2.24, 2.45) is 17.1 Å². The lowest BCUT2D eigenvalue weighted by Gasteiger charge is -2.24. The zero-order chi connectivity index (χ0) is 11.5. The van der Waals surface area contributed by atoms with Crippen molar-refractivity contribution in [2.75, 3.05) is 19.8 Å². The second-order valence-corrected chi connectivity index (χ2v) is 5.10. The molecule has 1 rings (SSSR count). The maximum atomic E-state index is 11.6. The van der Waals surface area contributed by atoms with Gasteiger partial charge in [0, 0.05) is 18.6 Å². The maximum absolute atomic E-state index is 11.6. The lowest BCUT2D eigenvalue weighted by molar-refractivity contribution is -0.123. The van der Waals surface area contributed by atoms with Gasteiger partial charge in [-0.3, -0.25) is 4.79 Å². The highest BCUT2D eigenvalue weighted by Gasteiger charge is 2.30. The van der Waals surface area contributed by atoms with Crippen LogP contribution in [0.4, 0.5) is 0 Å². The van der Waals surface area contributed by atoms with Gasteiger partial charge in [-0.05, 0) is 12.3 Å². The topological polar surface area (TPSA) is 64.4 Å². The third-order valence-electron chi connectivity index (χ3n) is 3.01. The van der Waals surface area contributed by atoms with E-state index in [0.29, 0.717) is 6.54 Å². The van der Waals surface area contributed by atoms with E-state index in [2.05, 4.69) is 12.2 Å². The molecule has 1 fully saturated rings. The molecule has 0 aliphatic carbocycles. The number of ether oxygens (including phenoxy) is 1. The van der Waals surface area contributed by atoms with Gasteiger partial charge in [-0.25, -0.2) is 0 Å². The lowest BCUT2D eigenvalue weighted by Crippen LogP contribution is -2.47. The van der Waals surface area contributed by atoms with Gasteiger partial charge >= 0.3 is 0 Å². The molecule has 2 atom stereocenters. The fraction of sp³-hybridized carbons (Fsp3) is 0.909. The van der Waals surface area contributed by atoms with E-state index in [1.54, 1.807) is 0 Å². The van der Waals surface area contributed by atoms with Crippen LogP contribution in [-0.2, 0) is 9.53 Å². The van der Waals surface area contributed by atoms with Crippen molar-refractivity contribution < 1.29 is 9.53 Å². The Labute approximate surface area is 104 Å². The minimum absolute atomic E-state index is 0. The Hall–Kier alpha value is -0.320. The van der Waals surface area contributed by atoms with E-state index < -0.39 is 6.04 Å². The normalized spacial score (nSPS) is 26.3. The first-order valence-electron chi connectivity index (χ1n) is 5.56. The van der Waals surface area contributed by atoms with E-state index in [4.69, 9.17) is 10.5 Å². The van der Waals surface area contributed by atoms with Crippen LogP contribution >= 0.6 is 12.4 Å². The van der Waals surface area contributed by atoms with E-state index in [1.165, 1.54) is 0 Å². The first kappa shape index (κ1) is 15.7. The predicted octanol–water partition coefficient (Wildman–Crippen LogP) is 0.934. The summed E-state index contributed by atoms with van der Waals surface area (Å²) in [7, 11) is 0. The number of nitrogens with two attached hydrogens (primary N) is 1. The number of nitrogens with one attached hydrogen (secondary N) is 1. The molecule has 1 aliphatic heterocycles. The molecule has 1 amide bonds. The molecule has 0 aromatic rings. The molecule has 4 nitrogen and oxygen atoms in total.